The molecule has 156 valence electrons. The first kappa shape index (κ1) is 24.4. The lowest BCUT2D eigenvalue weighted by molar-refractivity contribution is -0.0494. The zero-order valence-electron chi connectivity index (χ0n) is 14.9. The molecule has 1 aliphatic rings. The summed E-state index contributed by atoms with van der Waals surface area (Å²) in [4.78, 5) is 8.45. The van der Waals surface area contributed by atoms with Crippen molar-refractivity contribution >= 4 is 51.3 Å². The van der Waals surface area contributed by atoms with Crippen LogP contribution in [0.1, 0.15) is 23.5 Å². The molecule has 2 rings (SSSR count). The molecule has 0 aromatic carbocycles. The Morgan fingerprint density at radius 2 is 2.04 bits per heavy atom. The third-order valence-corrected chi connectivity index (χ3v) is 6.44. The Balaban J connectivity index is 0.00000364. The monoisotopic (exact) mass is 541 g/mol. The molecule has 27 heavy (non-hydrogen) atoms. The van der Waals surface area contributed by atoms with E-state index in [-0.39, 0.29) is 55.9 Å². The Labute approximate surface area is 177 Å². The van der Waals surface area contributed by atoms with Crippen molar-refractivity contribution in [2.75, 3.05) is 26.7 Å². The van der Waals surface area contributed by atoms with Crippen LogP contribution in [0.5, 0.6) is 0 Å². The molecule has 0 amide bonds. The Morgan fingerprint density at radius 3 is 2.52 bits per heavy atom. The second-order valence-electron chi connectivity index (χ2n) is 5.88. The van der Waals surface area contributed by atoms with E-state index in [4.69, 9.17) is 0 Å². The van der Waals surface area contributed by atoms with E-state index in [1.807, 2.05) is 12.3 Å². The highest BCUT2D eigenvalue weighted by molar-refractivity contribution is 14.0. The van der Waals surface area contributed by atoms with Crippen LogP contribution >= 0.6 is 35.3 Å². The predicted molar refractivity (Wildman–Crippen MR) is 110 cm³/mol. The number of aliphatic imine (C=N–C) groups is 1. The number of thiazole rings is 1. The SMILES string of the molecule is CN=C(NCCc1csc(C)n1)NC1CCN(S(=O)(=O)C(F)(F)F)CC1.I. The van der Waals surface area contributed by atoms with Crippen molar-refractivity contribution in [2.24, 2.45) is 4.99 Å². The van der Waals surface area contributed by atoms with E-state index in [1.54, 1.807) is 18.4 Å². The fourth-order valence-corrected chi connectivity index (χ4v) is 4.24. The molecule has 7 nitrogen and oxygen atoms in total. The molecule has 1 saturated heterocycles. The minimum Gasteiger partial charge on any atom is -0.356 e. The van der Waals surface area contributed by atoms with E-state index in [9.17, 15) is 21.6 Å². The number of hydrogen-bond donors (Lipinski definition) is 2. The highest BCUT2D eigenvalue weighted by atomic mass is 127. The van der Waals surface area contributed by atoms with Crippen molar-refractivity contribution in [3.05, 3.63) is 16.1 Å². The number of nitrogens with zero attached hydrogens (tertiary/aromatic N) is 3. The van der Waals surface area contributed by atoms with Gasteiger partial charge in [0.05, 0.1) is 10.7 Å². The number of piperidine rings is 1. The van der Waals surface area contributed by atoms with Gasteiger partial charge in [0.25, 0.3) is 0 Å². The zero-order chi connectivity index (χ0) is 19.4. The normalized spacial score (nSPS) is 17.4. The van der Waals surface area contributed by atoms with Gasteiger partial charge in [-0.05, 0) is 19.8 Å². The Morgan fingerprint density at radius 1 is 1.41 bits per heavy atom. The molecule has 13 heteroatoms. The minimum absolute atomic E-state index is 0. The molecule has 0 saturated carbocycles. The summed E-state index contributed by atoms with van der Waals surface area (Å²) in [7, 11) is -3.64. The average Bonchev–Trinajstić information content (AvgIpc) is 2.98. The number of aromatic nitrogens is 1. The summed E-state index contributed by atoms with van der Waals surface area (Å²) in [5.41, 5.74) is -4.26. The van der Waals surface area contributed by atoms with Crippen molar-refractivity contribution in [1.29, 1.82) is 0 Å². The lowest BCUT2D eigenvalue weighted by atomic mass is 10.1. The van der Waals surface area contributed by atoms with Crippen LogP contribution in [0.25, 0.3) is 0 Å². The number of rotatable bonds is 5. The molecular formula is C14H23F3IN5O2S2. The molecule has 1 aromatic rings. The summed E-state index contributed by atoms with van der Waals surface area (Å²) in [5, 5.41) is 9.25. The number of alkyl halides is 3. The maximum atomic E-state index is 12.6. The quantitative estimate of drug-likeness (QED) is 0.339. The van der Waals surface area contributed by atoms with Crippen molar-refractivity contribution < 1.29 is 21.6 Å². The molecule has 0 atom stereocenters. The minimum atomic E-state index is -5.25. The summed E-state index contributed by atoms with van der Waals surface area (Å²) in [6.45, 7) is 2.21. The smallest absolute Gasteiger partial charge is 0.356 e. The molecule has 0 unspecified atom stereocenters. The van der Waals surface area contributed by atoms with Crippen LogP contribution in [-0.4, -0.2) is 61.9 Å². The molecule has 1 fully saturated rings. The van der Waals surface area contributed by atoms with Gasteiger partial charge >= 0.3 is 15.5 Å². The molecular weight excluding hydrogens is 518 g/mol. The molecule has 1 aliphatic heterocycles. The lowest BCUT2D eigenvalue weighted by Crippen LogP contribution is -2.51. The van der Waals surface area contributed by atoms with Gasteiger partial charge in [-0.25, -0.2) is 13.4 Å². The van der Waals surface area contributed by atoms with E-state index in [0.717, 1.165) is 17.1 Å². The largest absolute Gasteiger partial charge is 0.511 e. The van der Waals surface area contributed by atoms with Crippen LogP contribution in [0.2, 0.25) is 0 Å². The first-order chi connectivity index (χ1) is 12.1. The number of guanidine groups is 1. The maximum absolute atomic E-state index is 12.6. The number of halogens is 4. The van der Waals surface area contributed by atoms with Crippen LogP contribution in [0.3, 0.4) is 0 Å². The van der Waals surface area contributed by atoms with Crippen molar-refractivity contribution in [3.63, 3.8) is 0 Å². The molecule has 0 spiro atoms. The van der Waals surface area contributed by atoms with E-state index < -0.39 is 15.5 Å². The van der Waals surface area contributed by atoms with E-state index in [1.165, 1.54) is 0 Å². The standard InChI is InChI=1S/C14H22F3N5O2S2.HI/c1-10-20-12(9-25-10)3-6-19-13(18-2)21-11-4-7-22(8-5-11)26(23,24)14(15,16)17;/h9,11H,3-8H2,1-2H3,(H2,18,19,21);1H. The fraction of sp³-hybridized carbons (Fsp3) is 0.714. The summed E-state index contributed by atoms with van der Waals surface area (Å²) in [6.07, 6.45) is 1.29. The topological polar surface area (TPSA) is 86.7 Å². The summed E-state index contributed by atoms with van der Waals surface area (Å²) in [5.74, 6) is 0.536. The summed E-state index contributed by atoms with van der Waals surface area (Å²) < 4.78 is 61.1. The van der Waals surface area contributed by atoms with Crippen LogP contribution in [0, 0.1) is 6.92 Å². The van der Waals surface area contributed by atoms with Gasteiger partial charge in [0.1, 0.15) is 0 Å². The zero-order valence-corrected chi connectivity index (χ0v) is 18.9. The first-order valence-electron chi connectivity index (χ1n) is 8.08. The molecule has 0 aliphatic carbocycles. The fourth-order valence-electron chi connectivity index (χ4n) is 2.61. The van der Waals surface area contributed by atoms with Gasteiger partial charge in [-0.15, -0.1) is 35.3 Å². The van der Waals surface area contributed by atoms with Gasteiger partial charge in [-0.3, -0.25) is 4.99 Å². The highest BCUT2D eigenvalue weighted by Gasteiger charge is 2.50. The molecule has 1 aromatic heterocycles. The maximum Gasteiger partial charge on any atom is 0.511 e. The predicted octanol–water partition coefficient (Wildman–Crippen LogP) is 2.09. The molecule has 2 N–H and O–H groups in total. The highest BCUT2D eigenvalue weighted by Crippen LogP contribution is 2.28. The molecule has 0 radical (unpaired) electrons. The van der Waals surface area contributed by atoms with Gasteiger partial charge < -0.3 is 10.6 Å². The number of hydrogen-bond acceptors (Lipinski definition) is 5. The Hall–Kier alpha value is -0.670. The van der Waals surface area contributed by atoms with Crippen LogP contribution in [0.4, 0.5) is 13.2 Å². The van der Waals surface area contributed by atoms with Gasteiger partial charge in [0.15, 0.2) is 5.96 Å². The van der Waals surface area contributed by atoms with Crippen LogP contribution in [0.15, 0.2) is 10.4 Å². The van der Waals surface area contributed by atoms with E-state index in [2.05, 4.69) is 20.6 Å². The summed E-state index contributed by atoms with van der Waals surface area (Å²) >= 11 is 1.58. The van der Waals surface area contributed by atoms with E-state index >= 15 is 0 Å². The number of aryl methyl sites for hydroxylation is 1. The van der Waals surface area contributed by atoms with Crippen molar-refractivity contribution in [3.8, 4) is 0 Å². The average molecular weight is 541 g/mol. The number of sulfonamides is 1. The lowest BCUT2D eigenvalue weighted by Gasteiger charge is -2.32. The Kier molecular flexibility index (Phi) is 9.21. The van der Waals surface area contributed by atoms with Crippen LogP contribution < -0.4 is 10.6 Å². The van der Waals surface area contributed by atoms with Crippen molar-refractivity contribution in [1.82, 2.24) is 19.9 Å². The first-order valence-corrected chi connectivity index (χ1v) is 10.4. The molecule has 2 heterocycles. The molecule has 0 bridgehead atoms. The number of nitrogens with one attached hydrogen (secondary N) is 2. The van der Waals surface area contributed by atoms with Gasteiger partial charge in [-0.1, -0.05) is 0 Å². The van der Waals surface area contributed by atoms with Crippen LogP contribution in [-0.2, 0) is 16.4 Å². The Bertz CT molecular complexity index is 731. The van der Waals surface area contributed by atoms with E-state index in [0.29, 0.717) is 16.8 Å². The second kappa shape index (κ2) is 10.2. The third-order valence-electron chi connectivity index (χ3n) is 3.99. The van der Waals surface area contributed by atoms with Gasteiger partial charge in [0.2, 0.25) is 0 Å². The van der Waals surface area contributed by atoms with Crippen molar-refractivity contribution in [2.45, 2.75) is 37.7 Å². The summed E-state index contributed by atoms with van der Waals surface area (Å²) in [6, 6.07) is -0.137. The second-order valence-corrected chi connectivity index (χ2v) is 8.87. The van der Waals surface area contributed by atoms with Gasteiger partial charge in [0, 0.05) is 44.5 Å². The van der Waals surface area contributed by atoms with Gasteiger partial charge in [-0.2, -0.15) is 17.5 Å². The third kappa shape index (κ3) is 6.71.